The number of aromatic nitrogens is 1. The van der Waals surface area contributed by atoms with Crippen LogP contribution in [0.15, 0.2) is 42.6 Å². The molecule has 2 rings (SSSR count). The minimum Gasteiger partial charge on any atom is -0.468 e. The summed E-state index contributed by atoms with van der Waals surface area (Å²) in [6.07, 6.45) is -2.43. The second-order valence-electron chi connectivity index (χ2n) is 5.35. The zero-order chi connectivity index (χ0) is 18.3. The van der Waals surface area contributed by atoms with Crippen molar-refractivity contribution in [1.82, 2.24) is 10.3 Å². The number of nitrogen functional groups attached to an aromatic ring is 1. The van der Waals surface area contributed by atoms with Crippen LogP contribution in [0.3, 0.4) is 0 Å². The molecule has 1 aromatic heterocycles. The number of hydrogen-bond donors (Lipinski definition) is 2. The van der Waals surface area contributed by atoms with Crippen molar-refractivity contribution in [2.24, 2.45) is 0 Å². The SMILES string of the molecule is Nc1ccccc1CCC(=O)NCc1cccnc1OCC(F)(F)F. The quantitative estimate of drug-likeness (QED) is 0.751. The van der Waals surface area contributed by atoms with E-state index in [2.05, 4.69) is 15.0 Å². The van der Waals surface area contributed by atoms with E-state index in [1.807, 2.05) is 18.2 Å². The Morgan fingerprint density at radius 3 is 2.60 bits per heavy atom. The number of nitrogens with zero attached hydrogens (tertiary/aromatic N) is 1. The van der Waals surface area contributed by atoms with Gasteiger partial charge >= 0.3 is 6.18 Å². The van der Waals surface area contributed by atoms with Crippen molar-refractivity contribution in [3.63, 3.8) is 0 Å². The first-order chi connectivity index (χ1) is 11.8. The van der Waals surface area contributed by atoms with Gasteiger partial charge in [-0.25, -0.2) is 4.98 Å². The molecule has 0 atom stereocenters. The number of pyridine rings is 1. The van der Waals surface area contributed by atoms with Crippen molar-refractivity contribution in [3.8, 4) is 5.88 Å². The van der Waals surface area contributed by atoms with Crippen LogP contribution in [0.5, 0.6) is 5.88 Å². The monoisotopic (exact) mass is 353 g/mol. The number of benzene rings is 1. The Morgan fingerprint density at radius 2 is 1.88 bits per heavy atom. The molecule has 0 saturated carbocycles. The van der Waals surface area contributed by atoms with Crippen molar-refractivity contribution < 1.29 is 22.7 Å². The standard InChI is InChI=1S/C17H18F3N3O2/c18-17(19,20)11-25-16-13(5-3-9-22-16)10-23-15(24)8-7-12-4-1-2-6-14(12)21/h1-6,9H,7-8,10-11,21H2,(H,23,24). The van der Waals surface area contributed by atoms with Crippen LogP contribution < -0.4 is 15.8 Å². The van der Waals surface area contributed by atoms with Crippen LogP contribution in [-0.4, -0.2) is 23.7 Å². The van der Waals surface area contributed by atoms with Crippen LogP contribution in [0.2, 0.25) is 0 Å². The van der Waals surface area contributed by atoms with E-state index >= 15 is 0 Å². The predicted molar refractivity (Wildman–Crippen MR) is 86.8 cm³/mol. The van der Waals surface area contributed by atoms with E-state index < -0.39 is 12.8 Å². The molecule has 0 aliphatic carbocycles. The number of halogens is 3. The number of ether oxygens (including phenoxy) is 1. The van der Waals surface area contributed by atoms with Gasteiger partial charge in [0.05, 0.1) is 0 Å². The highest BCUT2D eigenvalue weighted by Gasteiger charge is 2.29. The zero-order valence-corrected chi connectivity index (χ0v) is 13.3. The van der Waals surface area contributed by atoms with Crippen LogP contribution in [0.1, 0.15) is 17.5 Å². The highest BCUT2D eigenvalue weighted by atomic mass is 19.4. The van der Waals surface area contributed by atoms with Gasteiger partial charge in [0.15, 0.2) is 6.61 Å². The third-order valence-electron chi connectivity index (χ3n) is 3.38. The van der Waals surface area contributed by atoms with E-state index in [4.69, 9.17) is 5.73 Å². The van der Waals surface area contributed by atoms with Crippen LogP contribution >= 0.6 is 0 Å². The van der Waals surface area contributed by atoms with Gasteiger partial charge in [-0.1, -0.05) is 24.3 Å². The Labute approximate surface area is 143 Å². The predicted octanol–water partition coefficient (Wildman–Crippen LogP) is 2.85. The van der Waals surface area contributed by atoms with E-state index in [1.54, 1.807) is 18.2 Å². The lowest BCUT2D eigenvalue weighted by Crippen LogP contribution is -2.24. The number of alkyl halides is 3. The number of anilines is 1. The second-order valence-corrected chi connectivity index (χ2v) is 5.35. The zero-order valence-electron chi connectivity index (χ0n) is 13.3. The Kier molecular flexibility index (Phi) is 6.21. The lowest BCUT2D eigenvalue weighted by molar-refractivity contribution is -0.154. The molecule has 3 N–H and O–H groups in total. The molecule has 1 heterocycles. The average Bonchev–Trinajstić information content (AvgIpc) is 2.57. The summed E-state index contributed by atoms with van der Waals surface area (Å²) in [5.41, 5.74) is 7.67. The van der Waals surface area contributed by atoms with Gasteiger partial charge in [-0.05, 0) is 24.1 Å². The highest BCUT2D eigenvalue weighted by Crippen LogP contribution is 2.20. The number of rotatable bonds is 7. The van der Waals surface area contributed by atoms with Gasteiger partial charge in [-0.15, -0.1) is 0 Å². The van der Waals surface area contributed by atoms with Crippen molar-refractivity contribution >= 4 is 11.6 Å². The molecule has 0 unspecified atom stereocenters. The number of nitrogens with one attached hydrogen (secondary N) is 1. The lowest BCUT2D eigenvalue weighted by atomic mass is 10.1. The van der Waals surface area contributed by atoms with Gasteiger partial charge in [0.1, 0.15) is 0 Å². The molecule has 25 heavy (non-hydrogen) atoms. The third-order valence-corrected chi connectivity index (χ3v) is 3.38. The van der Waals surface area contributed by atoms with Gasteiger partial charge < -0.3 is 15.8 Å². The maximum absolute atomic E-state index is 12.2. The molecule has 1 aromatic carbocycles. The third kappa shape index (κ3) is 6.33. The van der Waals surface area contributed by atoms with Gasteiger partial charge in [-0.3, -0.25) is 4.79 Å². The number of carbonyl (C=O) groups is 1. The molecule has 0 saturated heterocycles. The molecule has 0 bridgehead atoms. The Morgan fingerprint density at radius 1 is 1.16 bits per heavy atom. The number of para-hydroxylation sites is 1. The van der Waals surface area contributed by atoms with Crippen molar-refractivity contribution in [3.05, 3.63) is 53.7 Å². The van der Waals surface area contributed by atoms with E-state index in [9.17, 15) is 18.0 Å². The normalized spacial score (nSPS) is 11.2. The van der Waals surface area contributed by atoms with Crippen molar-refractivity contribution in [1.29, 1.82) is 0 Å². The molecule has 0 fully saturated rings. The lowest BCUT2D eigenvalue weighted by Gasteiger charge is -2.12. The molecule has 0 radical (unpaired) electrons. The maximum atomic E-state index is 12.2. The summed E-state index contributed by atoms with van der Waals surface area (Å²) < 4.78 is 41.4. The fourth-order valence-electron chi connectivity index (χ4n) is 2.13. The summed E-state index contributed by atoms with van der Waals surface area (Å²) in [7, 11) is 0. The summed E-state index contributed by atoms with van der Waals surface area (Å²) in [5.74, 6) is -0.388. The summed E-state index contributed by atoms with van der Waals surface area (Å²) in [4.78, 5) is 15.7. The number of carbonyl (C=O) groups excluding carboxylic acids is 1. The van der Waals surface area contributed by atoms with Gasteiger partial charge in [0.25, 0.3) is 0 Å². The molecular formula is C17H18F3N3O2. The van der Waals surface area contributed by atoms with Crippen LogP contribution in [0.25, 0.3) is 0 Å². The van der Waals surface area contributed by atoms with Crippen LogP contribution in [0.4, 0.5) is 18.9 Å². The summed E-state index contributed by atoms with van der Waals surface area (Å²) >= 11 is 0. The fourth-order valence-corrected chi connectivity index (χ4v) is 2.13. The Bertz CT molecular complexity index is 720. The molecule has 1 amide bonds. The maximum Gasteiger partial charge on any atom is 0.422 e. The van der Waals surface area contributed by atoms with Crippen LogP contribution in [0, 0.1) is 0 Å². The smallest absolute Gasteiger partial charge is 0.422 e. The number of amides is 1. The summed E-state index contributed by atoms with van der Waals surface area (Å²) in [6, 6.07) is 10.4. The Hall–Kier alpha value is -2.77. The number of hydrogen-bond acceptors (Lipinski definition) is 4. The molecule has 8 heteroatoms. The molecule has 0 aliphatic heterocycles. The minimum absolute atomic E-state index is 0.0319. The first-order valence-corrected chi connectivity index (χ1v) is 7.58. The highest BCUT2D eigenvalue weighted by molar-refractivity contribution is 5.76. The Balaban J connectivity index is 1.86. The minimum atomic E-state index is -4.45. The largest absolute Gasteiger partial charge is 0.468 e. The average molecular weight is 353 g/mol. The van der Waals surface area contributed by atoms with E-state index in [-0.39, 0.29) is 24.8 Å². The van der Waals surface area contributed by atoms with Gasteiger partial charge in [0.2, 0.25) is 11.8 Å². The van der Waals surface area contributed by atoms with Crippen LogP contribution in [-0.2, 0) is 17.8 Å². The fraction of sp³-hybridized carbons (Fsp3) is 0.294. The molecule has 5 nitrogen and oxygen atoms in total. The molecule has 134 valence electrons. The van der Waals surface area contributed by atoms with Gasteiger partial charge in [-0.2, -0.15) is 13.2 Å². The van der Waals surface area contributed by atoms with Gasteiger partial charge in [0, 0.05) is 30.4 Å². The molecule has 2 aromatic rings. The first kappa shape index (κ1) is 18.6. The summed E-state index contributed by atoms with van der Waals surface area (Å²) in [6.45, 7) is -1.40. The van der Waals surface area contributed by atoms with E-state index in [1.165, 1.54) is 6.20 Å². The summed E-state index contributed by atoms with van der Waals surface area (Å²) in [5, 5.41) is 2.65. The topological polar surface area (TPSA) is 77.2 Å². The number of aryl methyl sites for hydroxylation is 1. The molecule has 0 spiro atoms. The van der Waals surface area contributed by atoms with Crippen molar-refractivity contribution in [2.45, 2.75) is 25.6 Å². The molecular weight excluding hydrogens is 335 g/mol. The number of nitrogens with two attached hydrogens (primary N) is 1. The van der Waals surface area contributed by atoms with E-state index in [0.29, 0.717) is 17.7 Å². The van der Waals surface area contributed by atoms with Crippen molar-refractivity contribution in [2.75, 3.05) is 12.3 Å². The second kappa shape index (κ2) is 8.36. The van der Waals surface area contributed by atoms with E-state index in [0.717, 1.165) is 5.56 Å². The molecule has 0 aliphatic rings. The first-order valence-electron chi connectivity index (χ1n) is 7.58.